The monoisotopic (exact) mass is 207 g/mol. The maximum Gasteiger partial charge on any atom is 0.136 e. The molecule has 0 aromatic carbocycles. The molecule has 1 aliphatic rings. The summed E-state index contributed by atoms with van der Waals surface area (Å²) >= 11 is 0. The Balaban J connectivity index is 2.04. The maximum atomic E-state index is 5.33. The van der Waals surface area contributed by atoms with Gasteiger partial charge in [-0.1, -0.05) is 6.92 Å². The molecular weight excluding hydrogens is 190 g/mol. The van der Waals surface area contributed by atoms with Crippen molar-refractivity contribution in [2.75, 3.05) is 25.1 Å². The maximum absolute atomic E-state index is 5.33. The van der Waals surface area contributed by atoms with Crippen molar-refractivity contribution in [2.24, 2.45) is 0 Å². The minimum absolute atomic E-state index is 0.383. The number of anilines is 1. The van der Waals surface area contributed by atoms with Crippen LogP contribution in [0.5, 0.6) is 0 Å². The molecular formula is C11H17N3O. The lowest BCUT2D eigenvalue weighted by molar-refractivity contribution is 0.193. The fourth-order valence-electron chi connectivity index (χ4n) is 1.66. The van der Waals surface area contributed by atoms with Crippen LogP contribution in [0.15, 0.2) is 12.3 Å². The molecule has 1 N–H and O–H groups in total. The van der Waals surface area contributed by atoms with Crippen LogP contribution in [0.2, 0.25) is 0 Å². The molecule has 2 heterocycles. The van der Waals surface area contributed by atoms with Crippen LogP contribution in [-0.2, 0) is 4.74 Å². The minimum atomic E-state index is 0.383. The first-order valence-electron chi connectivity index (χ1n) is 5.54. The third kappa shape index (κ3) is 2.65. The van der Waals surface area contributed by atoms with Crippen molar-refractivity contribution in [2.45, 2.75) is 25.7 Å². The highest BCUT2D eigenvalue weighted by molar-refractivity contribution is 5.33. The minimum Gasteiger partial charge on any atom is -0.381 e. The molecule has 0 amide bonds. The molecule has 1 fully saturated rings. The molecule has 15 heavy (non-hydrogen) atoms. The van der Waals surface area contributed by atoms with Crippen molar-refractivity contribution in [3.63, 3.8) is 0 Å². The summed E-state index contributed by atoms with van der Waals surface area (Å²) in [7, 11) is 0. The lowest BCUT2D eigenvalue weighted by atomic mass is 10.1. The Bertz CT molecular complexity index is 310. The third-order valence-corrected chi connectivity index (χ3v) is 2.53. The summed E-state index contributed by atoms with van der Waals surface area (Å²) in [5.41, 5.74) is 0. The Labute approximate surface area is 90.1 Å². The van der Waals surface area contributed by atoms with E-state index in [0.717, 1.165) is 44.2 Å². The van der Waals surface area contributed by atoms with Gasteiger partial charge >= 0.3 is 0 Å². The van der Waals surface area contributed by atoms with E-state index in [4.69, 9.17) is 4.74 Å². The quantitative estimate of drug-likeness (QED) is 0.817. The van der Waals surface area contributed by atoms with Crippen molar-refractivity contribution in [3.05, 3.63) is 18.1 Å². The molecule has 1 aliphatic heterocycles. The van der Waals surface area contributed by atoms with Gasteiger partial charge in [0.1, 0.15) is 11.6 Å². The Hall–Kier alpha value is -1.16. The van der Waals surface area contributed by atoms with Crippen LogP contribution < -0.4 is 5.32 Å². The highest BCUT2D eigenvalue weighted by Crippen LogP contribution is 2.22. The van der Waals surface area contributed by atoms with Gasteiger partial charge in [-0.15, -0.1) is 0 Å². The number of nitrogens with one attached hydrogen (secondary N) is 1. The molecule has 0 aliphatic carbocycles. The molecule has 1 saturated heterocycles. The van der Waals surface area contributed by atoms with E-state index in [1.807, 2.05) is 12.3 Å². The lowest BCUT2D eigenvalue weighted by Gasteiger charge is -2.08. The van der Waals surface area contributed by atoms with Crippen LogP contribution in [0.3, 0.4) is 0 Å². The number of ether oxygens (including phenoxy) is 1. The van der Waals surface area contributed by atoms with Crippen molar-refractivity contribution in [3.8, 4) is 0 Å². The molecule has 1 aromatic heterocycles. The van der Waals surface area contributed by atoms with Gasteiger partial charge in [-0.2, -0.15) is 0 Å². The SMILES string of the molecule is CCCNc1ccnc(C2CCOC2)n1. The van der Waals surface area contributed by atoms with E-state index in [2.05, 4.69) is 22.2 Å². The zero-order valence-corrected chi connectivity index (χ0v) is 9.07. The van der Waals surface area contributed by atoms with Gasteiger partial charge in [0.05, 0.1) is 6.61 Å². The number of hydrogen-bond donors (Lipinski definition) is 1. The fraction of sp³-hybridized carbons (Fsp3) is 0.636. The lowest BCUT2D eigenvalue weighted by Crippen LogP contribution is -2.08. The summed E-state index contributed by atoms with van der Waals surface area (Å²) in [6.45, 7) is 4.69. The highest BCUT2D eigenvalue weighted by atomic mass is 16.5. The van der Waals surface area contributed by atoms with E-state index in [1.165, 1.54) is 0 Å². The topological polar surface area (TPSA) is 47.0 Å². The Morgan fingerprint density at radius 1 is 1.60 bits per heavy atom. The van der Waals surface area contributed by atoms with Gasteiger partial charge in [0.2, 0.25) is 0 Å². The van der Waals surface area contributed by atoms with Crippen LogP contribution in [-0.4, -0.2) is 29.7 Å². The molecule has 0 bridgehead atoms. The summed E-state index contributed by atoms with van der Waals surface area (Å²) in [4.78, 5) is 8.79. The average molecular weight is 207 g/mol. The van der Waals surface area contributed by atoms with Crippen molar-refractivity contribution in [1.82, 2.24) is 9.97 Å². The van der Waals surface area contributed by atoms with Crippen LogP contribution in [0.25, 0.3) is 0 Å². The molecule has 0 saturated carbocycles. The summed E-state index contributed by atoms with van der Waals surface area (Å²) < 4.78 is 5.33. The van der Waals surface area contributed by atoms with Gasteiger partial charge in [-0.3, -0.25) is 0 Å². The molecule has 0 radical (unpaired) electrons. The molecule has 0 spiro atoms. The second-order valence-corrected chi connectivity index (χ2v) is 3.79. The summed E-state index contributed by atoms with van der Waals surface area (Å²) in [6.07, 6.45) is 3.96. The molecule has 1 aromatic rings. The largest absolute Gasteiger partial charge is 0.381 e. The Morgan fingerprint density at radius 3 is 3.27 bits per heavy atom. The Morgan fingerprint density at radius 2 is 2.53 bits per heavy atom. The average Bonchev–Trinajstić information content (AvgIpc) is 2.80. The van der Waals surface area contributed by atoms with Gasteiger partial charge in [0.25, 0.3) is 0 Å². The molecule has 1 unspecified atom stereocenters. The smallest absolute Gasteiger partial charge is 0.136 e. The summed E-state index contributed by atoms with van der Waals surface area (Å²) in [6, 6.07) is 1.91. The predicted molar refractivity (Wildman–Crippen MR) is 59.0 cm³/mol. The zero-order valence-electron chi connectivity index (χ0n) is 9.07. The number of hydrogen-bond acceptors (Lipinski definition) is 4. The Kier molecular flexibility index (Phi) is 3.50. The third-order valence-electron chi connectivity index (χ3n) is 2.53. The van der Waals surface area contributed by atoms with Crippen LogP contribution >= 0.6 is 0 Å². The van der Waals surface area contributed by atoms with Gasteiger partial charge in [0.15, 0.2) is 0 Å². The van der Waals surface area contributed by atoms with E-state index >= 15 is 0 Å². The number of nitrogens with zero attached hydrogens (tertiary/aromatic N) is 2. The second-order valence-electron chi connectivity index (χ2n) is 3.79. The van der Waals surface area contributed by atoms with E-state index in [1.54, 1.807) is 0 Å². The van der Waals surface area contributed by atoms with Crippen LogP contribution in [0, 0.1) is 0 Å². The first-order chi connectivity index (χ1) is 7.40. The normalized spacial score (nSPS) is 20.5. The van der Waals surface area contributed by atoms with Gasteiger partial charge in [0, 0.05) is 25.3 Å². The molecule has 1 atom stereocenters. The summed E-state index contributed by atoms with van der Waals surface area (Å²) in [5, 5.41) is 3.27. The predicted octanol–water partition coefficient (Wildman–Crippen LogP) is 1.80. The number of rotatable bonds is 4. The standard InChI is InChI=1S/C11H17N3O/c1-2-5-12-10-3-6-13-11(14-10)9-4-7-15-8-9/h3,6,9H,2,4-5,7-8H2,1H3,(H,12,13,14). The molecule has 4 nitrogen and oxygen atoms in total. The molecule has 4 heteroatoms. The van der Waals surface area contributed by atoms with Crippen molar-refractivity contribution >= 4 is 5.82 Å². The molecule has 2 rings (SSSR count). The first-order valence-corrected chi connectivity index (χ1v) is 5.54. The zero-order chi connectivity index (χ0) is 10.5. The van der Waals surface area contributed by atoms with E-state index in [9.17, 15) is 0 Å². The number of aromatic nitrogens is 2. The van der Waals surface area contributed by atoms with Gasteiger partial charge in [-0.05, 0) is 18.9 Å². The van der Waals surface area contributed by atoms with E-state index < -0.39 is 0 Å². The summed E-state index contributed by atoms with van der Waals surface area (Å²) in [5.74, 6) is 2.22. The van der Waals surface area contributed by atoms with E-state index in [-0.39, 0.29) is 0 Å². The van der Waals surface area contributed by atoms with Crippen LogP contribution in [0.1, 0.15) is 31.5 Å². The van der Waals surface area contributed by atoms with Crippen molar-refractivity contribution in [1.29, 1.82) is 0 Å². The fourth-order valence-corrected chi connectivity index (χ4v) is 1.66. The van der Waals surface area contributed by atoms with Crippen molar-refractivity contribution < 1.29 is 4.74 Å². The van der Waals surface area contributed by atoms with Gasteiger partial charge in [-0.25, -0.2) is 9.97 Å². The van der Waals surface area contributed by atoms with E-state index in [0.29, 0.717) is 5.92 Å². The first kappa shape index (κ1) is 10.4. The highest BCUT2D eigenvalue weighted by Gasteiger charge is 2.20. The second kappa shape index (κ2) is 5.07. The van der Waals surface area contributed by atoms with Crippen LogP contribution in [0.4, 0.5) is 5.82 Å². The molecule has 82 valence electrons. The van der Waals surface area contributed by atoms with Gasteiger partial charge < -0.3 is 10.1 Å².